The van der Waals surface area contributed by atoms with Crippen LogP contribution in [0.25, 0.3) is 10.2 Å². The van der Waals surface area contributed by atoms with Crippen LogP contribution in [0.1, 0.15) is 38.2 Å². The van der Waals surface area contributed by atoms with Gasteiger partial charge in [0.1, 0.15) is 0 Å². The van der Waals surface area contributed by atoms with Crippen LogP contribution < -0.4 is 0 Å². The summed E-state index contributed by atoms with van der Waals surface area (Å²) in [4.78, 5) is 3.23. The van der Waals surface area contributed by atoms with Crippen molar-refractivity contribution in [2.45, 2.75) is 39.0 Å². The van der Waals surface area contributed by atoms with Crippen LogP contribution >= 0.6 is 23.6 Å². The monoisotopic (exact) mass is 251 g/mol. The van der Waals surface area contributed by atoms with E-state index < -0.39 is 0 Å². The minimum atomic E-state index is 0.873. The number of fused-ring (bicyclic) bond motifs is 1. The fourth-order valence-electron chi connectivity index (χ4n) is 1.91. The van der Waals surface area contributed by atoms with Crippen LogP contribution in [0, 0.1) is 3.95 Å². The van der Waals surface area contributed by atoms with Gasteiger partial charge in [-0.15, -0.1) is 11.3 Å². The van der Waals surface area contributed by atoms with Gasteiger partial charge in [-0.2, -0.15) is 0 Å². The maximum absolute atomic E-state index is 5.14. The molecule has 0 atom stereocenters. The van der Waals surface area contributed by atoms with Gasteiger partial charge in [0.05, 0.1) is 10.2 Å². The second-order valence-electron chi connectivity index (χ2n) is 4.16. The van der Waals surface area contributed by atoms with E-state index in [1.54, 1.807) is 11.3 Å². The van der Waals surface area contributed by atoms with E-state index in [1.807, 2.05) is 0 Å². The molecule has 1 aromatic heterocycles. The van der Waals surface area contributed by atoms with Crippen molar-refractivity contribution in [2.75, 3.05) is 0 Å². The summed E-state index contributed by atoms with van der Waals surface area (Å²) in [6.07, 6.45) is 6.48. The predicted octanol–water partition coefficient (Wildman–Crippen LogP) is 5.08. The molecule has 16 heavy (non-hydrogen) atoms. The summed E-state index contributed by atoms with van der Waals surface area (Å²) >= 11 is 6.79. The number of rotatable bonds is 5. The van der Waals surface area contributed by atoms with Crippen molar-refractivity contribution in [1.29, 1.82) is 0 Å². The molecule has 1 nitrogen and oxygen atoms in total. The first-order chi connectivity index (χ1) is 7.79. The standard InChI is InChI=1S/C13H17NS2/c1-2-3-4-5-6-10-7-8-12-11(9-10)14-13(15)16-12/h7-9H,2-6H2,1H3,(H,14,15). The third kappa shape index (κ3) is 2.92. The molecule has 0 radical (unpaired) electrons. The molecule has 0 bridgehead atoms. The SMILES string of the molecule is CCCCCCc1ccc2sc(=S)[nH]c2c1. The largest absolute Gasteiger partial charge is 0.337 e. The zero-order chi connectivity index (χ0) is 11.4. The van der Waals surface area contributed by atoms with Crippen molar-refractivity contribution in [3.63, 3.8) is 0 Å². The third-order valence-corrected chi connectivity index (χ3v) is 4.02. The van der Waals surface area contributed by atoms with E-state index in [1.165, 1.54) is 47.9 Å². The molecule has 1 aromatic carbocycles. The molecule has 0 unspecified atom stereocenters. The van der Waals surface area contributed by atoms with Crippen LogP contribution in [0.2, 0.25) is 0 Å². The van der Waals surface area contributed by atoms with Gasteiger partial charge in [-0.05, 0) is 42.8 Å². The predicted molar refractivity (Wildman–Crippen MR) is 74.9 cm³/mol. The normalized spacial score (nSPS) is 11.1. The summed E-state index contributed by atoms with van der Waals surface area (Å²) in [5.41, 5.74) is 2.62. The molecule has 0 aliphatic rings. The molecular formula is C13H17NS2. The Morgan fingerprint density at radius 3 is 2.94 bits per heavy atom. The molecule has 0 aliphatic carbocycles. The fourth-order valence-corrected chi connectivity index (χ4v) is 3.01. The first-order valence-corrected chi connectivity index (χ1v) is 7.14. The van der Waals surface area contributed by atoms with Gasteiger partial charge < -0.3 is 4.98 Å². The van der Waals surface area contributed by atoms with Crippen LogP contribution in [0.15, 0.2) is 18.2 Å². The van der Waals surface area contributed by atoms with Crippen LogP contribution in [-0.4, -0.2) is 4.98 Å². The lowest BCUT2D eigenvalue weighted by molar-refractivity contribution is 0.667. The van der Waals surface area contributed by atoms with E-state index in [-0.39, 0.29) is 0 Å². The van der Waals surface area contributed by atoms with Gasteiger partial charge in [0.2, 0.25) is 0 Å². The summed E-state index contributed by atoms with van der Waals surface area (Å²) in [5, 5.41) is 0. The van der Waals surface area contributed by atoms with Gasteiger partial charge in [0.25, 0.3) is 0 Å². The lowest BCUT2D eigenvalue weighted by Crippen LogP contribution is -1.85. The van der Waals surface area contributed by atoms with E-state index >= 15 is 0 Å². The number of aromatic nitrogens is 1. The lowest BCUT2D eigenvalue weighted by atomic mass is 10.1. The molecule has 1 heterocycles. The number of thiazole rings is 1. The number of aryl methyl sites for hydroxylation is 1. The number of nitrogens with one attached hydrogen (secondary N) is 1. The number of benzene rings is 1. The molecule has 0 saturated heterocycles. The van der Waals surface area contributed by atoms with Crippen LogP contribution in [-0.2, 0) is 6.42 Å². The summed E-state index contributed by atoms with van der Waals surface area (Å²) in [7, 11) is 0. The molecule has 0 amide bonds. The van der Waals surface area contributed by atoms with Gasteiger partial charge in [-0.25, -0.2) is 0 Å². The van der Waals surface area contributed by atoms with Gasteiger partial charge in [-0.1, -0.05) is 32.3 Å². The van der Waals surface area contributed by atoms with Crippen molar-refractivity contribution >= 4 is 33.8 Å². The van der Waals surface area contributed by atoms with E-state index in [0.29, 0.717) is 0 Å². The highest BCUT2D eigenvalue weighted by molar-refractivity contribution is 7.73. The summed E-state index contributed by atoms with van der Waals surface area (Å²) in [5.74, 6) is 0. The fraction of sp³-hybridized carbons (Fsp3) is 0.462. The Morgan fingerprint density at radius 1 is 1.25 bits per heavy atom. The second-order valence-corrected chi connectivity index (χ2v) is 5.87. The highest BCUT2D eigenvalue weighted by atomic mass is 32.1. The molecular weight excluding hydrogens is 234 g/mol. The first-order valence-electron chi connectivity index (χ1n) is 5.91. The van der Waals surface area contributed by atoms with Crippen LogP contribution in [0.5, 0.6) is 0 Å². The van der Waals surface area contributed by atoms with Gasteiger partial charge >= 0.3 is 0 Å². The topological polar surface area (TPSA) is 15.8 Å². The van der Waals surface area contributed by atoms with Gasteiger partial charge in [0.15, 0.2) is 3.95 Å². The Kier molecular flexibility index (Phi) is 4.13. The molecule has 1 N–H and O–H groups in total. The minimum absolute atomic E-state index is 0.873. The van der Waals surface area contributed by atoms with Crippen molar-refractivity contribution in [3.8, 4) is 0 Å². The van der Waals surface area contributed by atoms with Crippen molar-refractivity contribution < 1.29 is 0 Å². The number of unbranched alkanes of at least 4 members (excludes halogenated alkanes) is 3. The van der Waals surface area contributed by atoms with Crippen LogP contribution in [0.4, 0.5) is 0 Å². The molecule has 2 rings (SSSR count). The smallest absolute Gasteiger partial charge is 0.159 e. The van der Waals surface area contributed by atoms with E-state index in [4.69, 9.17) is 12.2 Å². The Balaban J connectivity index is 2.04. The Labute approximate surface area is 106 Å². The van der Waals surface area contributed by atoms with E-state index in [9.17, 15) is 0 Å². The molecule has 0 aliphatic heterocycles. The highest BCUT2D eigenvalue weighted by Gasteiger charge is 1.99. The number of hydrogen-bond acceptors (Lipinski definition) is 2. The number of hydrogen-bond donors (Lipinski definition) is 1. The minimum Gasteiger partial charge on any atom is -0.337 e. The van der Waals surface area contributed by atoms with Crippen molar-refractivity contribution in [2.24, 2.45) is 0 Å². The van der Waals surface area contributed by atoms with Gasteiger partial charge in [0, 0.05) is 0 Å². The summed E-state index contributed by atoms with van der Waals surface area (Å²) in [6, 6.07) is 6.66. The maximum Gasteiger partial charge on any atom is 0.159 e. The Morgan fingerprint density at radius 2 is 2.12 bits per heavy atom. The average Bonchev–Trinajstić information content (AvgIpc) is 2.64. The average molecular weight is 251 g/mol. The molecule has 0 spiro atoms. The zero-order valence-corrected chi connectivity index (χ0v) is 11.2. The second kappa shape index (κ2) is 5.60. The molecule has 86 valence electrons. The summed E-state index contributed by atoms with van der Waals surface area (Å²) in [6.45, 7) is 2.25. The first kappa shape index (κ1) is 11.8. The van der Waals surface area contributed by atoms with Crippen molar-refractivity contribution in [1.82, 2.24) is 4.98 Å². The Hall–Kier alpha value is -0.670. The lowest BCUT2D eigenvalue weighted by Gasteiger charge is -2.01. The van der Waals surface area contributed by atoms with Crippen LogP contribution in [0.3, 0.4) is 0 Å². The van der Waals surface area contributed by atoms with E-state index in [2.05, 4.69) is 30.1 Å². The quantitative estimate of drug-likeness (QED) is 0.578. The molecule has 0 saturated carbocycles. The molecule has 3 heteroatoms. The Bertz CT molecular complexity index is 510. The third-order valence-electron chi connectivity index (χ3n) is 2.80. The van der Waals surface area contributed by atoms with Gasteiger partial charge in [-0.3, -0.25) is 0 Å². The summed E-state index contributed by atoms with van der Waals surface area (Å²) < 4.78 is 2.14. The molecule has 0 fully saturated rings. The number of aromatic amines is 1. The van der Waals surface area contributed by atoms with E-state index in [0.717, 1.165) is 3.95 Å². The highest BCUT2D eigenvalue weighted by Crippen LogP contribution is 2.21. The zero-order valence-electron chi connectivity index (χ0n) is 9.58. The van der Waals surface area contributed by atoms with Crippen molar-refractivity contribution in [3.05, 3.63) is 27.7 Å². The maximum atomic E-state index is 5.14. The molecule has 2 aromatic rings. The number of H-pyrrole nitrogens is 1.